The number of amides is 1. The lowest BCUT2D eigenvalue weighted by atomic mass is 10.1. The summed E-state index contributed by atoms with van der Waals surface area (Å²) in [7, 11) is -3.69. The molecule has 1 fully saturated rings. The molecule has 38 heavy (non-hydrogen) atoms. The highest BCUT2D eigenvalue weighted by Crippen LogP contribution is 2.29. The number of carbonyl (C=O) groups is 1. The standard InChI is InChI=1S/C28H35N3O6S/c1-4-30-19-23(28(33)29-14-13-20-9-12-25(36-5-2)26(17-20)37-6-3)27(32)22-18-21(10-11-24(22)30)38(34,35)31-15-7-8-16-31/h9-12,17-19H,4-8,13-16H2,1-3H3,(H,29,33). The molecule has 10 heteroatoms. The zero-order valence-electron chi connectivity index (χ0n) is 22.2. The topological polar surface area (TPSA) is 107 Å². The Hall–Kier alpha value is -3.37. The van der Waals surface area contributed by atoms with Gasteiger partial charge in [-0.3, -0.25) is 9.59 Å². The molecule has 0 saturated carbocycles. The van der Waals surface area contributed by atoms with E-state index in [-0.39, 0.29) is 15.8 Å². The van der Waals surface area contributed by atoms with Crippen LogP contribution in [-0.2, 0) is 23.0 Å². The van der Waals surface area contributed by atoms with Crippen LogP contribution in [0.2, 0.25) is 0 Å². The summed E-state index contributed by atoms with van der Waals surface area (Å²) in [5.41, 5.74) is 1.04. The number of benzene rings is 2. The Balaban J connectivity index is 1.56. The van der Waals surface area contributed by atoms with Gasteiger partial charge in [-0.2, -0.15) is 4.31 Å². The second kappa shape index (κ2) is 12.0. The second-order valence-electron chi connectivity index (χ2n) is 9.10. The van der Waals surface area contributed by atoms with Crippen molar-refractivity contribution in [1.82, 2.24) is 14.2 Å². The van der Waals surface area contributed by atoms with Gasteiger partial charge in [0, 0.05) is 37.8 Å². The Morgan fingerprint density at radius 2 is 1.68 bits per heavy atom. The predicted molar refractivity (Wildman–Crippen MR) is 147 cm³/mol. The number of nitrogens with zero attached hydrogens (tertiary/aromatic N) is 2. The number of nitrogens with one attached hydrogen (secondary N) is 1. The van der Waals surface area contributed by atoms with Crippen LogP contribution in [0.4, 0.5) is 0 Å². The molecule has 2 heterocycles. The zero-order valence-corrected chi connectivity index (χ0v) is 23.0. The molecule has 0 radical (unpaired) electrons. The van der Waals surface area contributed by atoms with Crippen LogP contribution < -0.4 is 20.2 Å². The highest BCUT2D eigenvalue weighted by molar-refractivity contribution is 7.89. The summed E-state index contributed by atoms with van der Waals surface area (Å²) in [6, 6.07) is 10.2. The highest BCUT2D eigenvalue weighted by Gasteiger charge is 2.28. The van der Waals surface area contributed by atoms with Crippen molar-refractivity contribution in [3.8, 4) is 11.5 Å². The molecule has 1 saturated heterocycles. The van der Waals surface area contributed by atoms with Crippen LogP contribution in [0.15, 0.2) is 52.3 Å². The molecule has 0 spiro atoms. The van der Waals surface area contributed by atoms with Gasteiger partial charge in [-0.05, 0) is 75.9 Å². The zero-order chi connectivity index (χ0) is 27.3. The van der Waals surface area contributed by atoms with E-state index < -0.39 is 21.4 Å². The van der Waals surface area contributed by atoms with Crippen molar-refractivity contribution in [2.45, 2.75) is 51.5 Å². The first kappa shape index (κ1) is 27.7. The van der Waals surface area contributed by atoms with Crippen molar-refractivity contribution >= 4 is 26.8 Å². The summed E-state index contributed by atoms with van der Waals surface area (Å²) in [6.45, 7) is 8.53. The third kappa shape index (κ3) is 5.71. The van der Waals surface area contributed by atoms with Crippen molar-refractivity contribution in [2.75, 3.05) is 32.8 Å². The van der Waals surface area contributed by atoms with E-state index in [1.807, 2.05) is 39.0 Å². The highest BCUT2D eigenvalue weighted by atomic mass is 32.2. The first-order valence-corrected chi connectivity index (χ1v) is 14.6. The Morgan fingerprint density at radius 3 is 2.37 bits per heavy atom. The molecule has 2 aromatic carbocycles. The van der Waals surface area contributed by atoms with Crippen LogP contribution in [0.5, 0.6) is 11.5 Å². The molecule has 3 aromatic rings. The fourth-order valence-corrected chi connectivity index (χ4v) is 6.25. The van der Waals surface area contributed by atoms with Crippen molar-refractivity contribution in [2.24, 2.45) is 0 Å². The summed E-state index contributed by atoms with van der Waals surface area (Å²) in [4.78, 5) is 26.5. The Labute approximate surface area is 223 Å². The second-order valence-corrected chi connectivity index (χ2v) is 11.0. The molecule has 1 aliphatic heterocycles. The fraction of sp³-hybridized carbons (Fsp3) is 0.429. The lowest BCUT2D eigenvalue weighted by molar-refractivity contribution is 0.0952. The molecule has 4 rings (SSSR count). The van der Waals surface area contributed by atoms with E-state index >= 15 is 0 Å². The number of pyridine rings is 1. The number of hydrogen-bond donors (Lipinski definition) is 1. The van der Waals surface area contributed by atoms with Gasteiger partial charge in [0.25, 0.3) is 5.91 Å². The molecule has 0 bridgehead atoms. The molecule has 1 amide bonds. The summed E-state index contributed by atoms with van der Waals surface area (Å²) in [6.07, 6.45) is 3.72. The molecule has 9 nitrogen and oxygen atoms in total. The van der Waals surface area contributed by atoms with E-state index in [9.17, 15) is 18.0 Å². The van der Waals surface area contributed by atoms with E-state index in [1.165, 1.54) is 16.4 Å². The molecule has 0 unspecified atom stereocenters. The number of sulfonamides is 1. The Bertz CT molecular complexity index is 1480. The van der Waals surface area contributed by atoms with E-state index in [2.05, 4.69) is 5.32 Å². The minimum Gasteiger partial charge on any atom is -0.490 e. The molecule has 0 aliphatic carbocycles. The van der Waals surface area contributed by atoms with Gasteiger partial charge in [-0.15, -0.1) is 0 Å². The largest absolute Gasteiger partial charge is 0.490 e. The smallest absolute Gasteiger partial charge is 0.256 e. The molecule has 1 aliphatic rings. The third-order valence-electron chi connectivity index (χ3n) is 6.65. The lowest BCUT2D eigenvalue weighted by Crippen LogP contribution is -2.31. The molecule has 1 aromatic heterocycles. The van der Waals surface area contributed by atoms with Crippen LogP contribution in [0.25, 0.3) is 10.9 Å². The van der Waals surface area contributed by atoms with Crippen LogP contribution in [0.1, 0.15) is 49.5 Å². The molecular weight excluding hydrogens is 506 g/mol. The van der Waals surface area contributed by atoms with Gasteiger partial charge in [0.1, 0.15) is 5.56 Å². The number of aromatic nitrogens is 1. The maximum atomic E-state index is 13.4. The number of aryl methyl sites for hydroxylation is 1. The fourth-order valence-electron chi connectivity index (χ4n) is 4.70. The number of hydrogen-bond acceptors (Lipinski definition) is 6. The van der Waals surface area contributed by atoms with Gasteiger partial charge in [0.2, 0.25) is 15.5 Å². The first-order valence-electron chi connectivity index (χ1n) is 13.1. The van der Waals surface area contributed by atoms with Crippen molar-refractivity contribution in [1.29, 1.82) is 0 Å². The van der Waals surface area contributed by atoms with Crippen LogP contribution in [0, 0.1) is 0 Å². The first-order chi connectivity index (χ1) is 18.3. The molecule has 0 atom stereocenters. The minimum atomic E-state index is -3.69. The SMILES string of the molecule is CCOc1ccc(CCNC(=O)c2cn(CC)c3ccc(S(=O)(=O)N4CCCC4)cc3c2=O)cc1OCC. The van der Waals surface area contributed by atoms with Crippen molar-refractivity contribution in [3.63, 3.8) is 0 Å². The van der Waals surface area contributed by atoms with E-state index in [4.69, 9.17) is 9.47 Å². The van der Waals surface area contributed by atoms with Crippen LogP contribution >= 0.6 is 0 Å². The summed E-state index contributed by atoms with van der Waals surface area (Å²) >= 11 is 0. The summed E-state index contributed by atoms with van der Waals surface area (Å²) in [5.74, 6) is 0.825. The average Bonchev–Trinajstić information content (AvgIpc) is 3.47. The van der Waals surface area contributed by atoms with Crippen molar-refractivity contribution < 1.29 is 22.7 Å². The number of carbonyl (C=O) groups excluding carboxylic acids is 1. The van der Waals surface area contributed by atoms with Gasteiger partial charge < -0.3 is 19.4 Å². The average molecular weight is 542 g/mol. The third-order valence-corrected chi connectivity index (χ3v) is 8.54. The van der Waals surface area contributed by atoms with Crippen LogP contribution in [0.3, 0.4) is 0 Å². The Morgan fingerprint density at radius 1 is 0.974 bits per heavy atom. The molecular formula is C28H35N3O6S. The number of ether oxygens (including phenoxy) is 2. The Kier molecular flexibility index (Phi) is 8.73. The number of fused-ring (bicyclic) bond motifs is 1. The van der Waals surface area contributed by atoms with Crippen LogP contribution in [-0.4, -0.2) is 56.0 Å². The molecule has 204 valence electrons. The van der Waals surface area contributed by atoms with E-state index in [1.54, 1.807) is 16.8 Å². The van der Waals surface area contributed by atoms with E-state index in [0.29, 0.717) is 62.8 Å². The lowest BCUT2D eigenvalue weighted by Gasteiger charge is -2.17. The summed E-state index contributed by atoms with van der Waals surface area (Å²) < 4.78 is 40.7. The van der Waals surface area contributed by atoms with Gasteiger partial charge in [0.15, 0.2) is 11.5 Å². The van der Waals surface area contributed by atoms with Gasteiger partial charge in [0.05, 0.1) is 23.6 Å². The normalized spacial score (nSPS) is 14.1. The van der Waals surface area contributed by atoms with Gasteiger partial charge in [-0.1, -0.05) is 6.07 Å². The van der Waals surface area contributed by atoms with Gasteiger partial charge in [-0.25, -0.2) is 8.42 Å². The maximum Gasteiger partial charge on any atom is 0.256 e. The van der Waals surface area contributed by atoms with E-state index in [0.717, 1.165) is 18.4 Å². The monoisotopic (exact) mass is 541 g/mol. The maximum absolute atomic E-state index is 13.4. The van der Waals surface area contributed by atoms with Gasteiger partial charge >= 0.3 is 0 Å². The quantitative estimate of drug-likeness (QED) is 0.398. The predicted octanol–water partition coefficient (Wildman–Crippen LogP) is 3.58. The minimum absolute atomic E-state index is 0.0169. The van der Waals surface area contributed by atoms with Crippen molar-refractivity contribution in [3.05, 3.63) is 63.9 Å². The number of rotatable bonds is 11. The summed E-state index contributed by atoms with van der Waals surface area (Å²) in [5, 5.41) is 3.05. The molecule has 1 N–H and O–H groups in total.